The molecule has 0 aliphatic rings. The van der Waals surface area contributed by atoms with Crippen LogP contribution >= 0.6 is 15.9 Å². The average Bonchev–Trinajstić information content (AvgIpc) is 2.26. The fourth-order valence-electron chi connectivity index (χ4n) is 2.04. The molecule has 0 saturated carbocycles. The smallest absolute Gasteiger partial charge is 0.0462 e. The van der Waals surface area contributed by atoms with Crippen LogP contribution in [0.25, 0.3) is 0 Å². The summed E-state index contributed by atoms with van der Waals surface area (Å²) in [6.45, 7) is 4.51. The lowest BCUT2D eigenvalue weighted by atomic mass is 9.93. The van der Waals surface area contributed by atoms with Crippen molar-refractivity contribution in [3.8, 4) is 0 Å². The highest BCUT2D eigenvalue weighted by Crippen LogP contribution is 2.25. The molecule has 0 radical (unpaired) electrons. The third-order valence-electron chi connectivity index (χ3n) is 2.87. The Hall–Kier alpha value is -0.380. The first kappa shape index (κ1) is 13.7. The van der Waals surface area contributed by atoms with E-state index in [1.807, 2.05) is 12.1 Å². The number of hydrogen-bond donors (Lipinski definition) is 2. The Balaban J connectivity index is 2.67. The third-order valence-corrected chi connectivity index (χ3v) is 3.37. The molecule has 0 fully saturated rings. The van der Waals surface area contributed by atoms with Crippen molar-refractivity contribution in [2.45, 2.75) is 39.2 Å². The molecule has 0 bridgehead atoms. The van der Waals surface area contributed by atoms with E-state index in [2.05, 4.69) is 47.3 Å². The number of hydrazine groups is 1. The van der Waals surface area contributed by atoms with Crippen molar-refractivity contribution in [1.82, 2.24) is 5.43 Å². The van der Waals surface area contributed by atoms with Crippen LogP contribution in [0.2, 0.25) is 0 Å². The van der Waals surface area contributed by atoms with Gasteiger partial charge in [0.1, 0.15) is 0 Å². The summed E-state index contributed by atoms with van der Waals surface area (Å²) in [7, 11) is 0. The van der Waals surface area contributed by atoms with Crippen molar-refractivity contribution in [2.75, 3.05) is 0 Å². The zero-order valence-corrected chi connectivity index (χ0v) is 11.6. The highest BCUT2D eigenvalue weighted by molar-refractivity contribution is 9.10. The Morgan fingerprint density at radius 2 is 2.19 bits per heavy atom. The SMILES string of the molecule is CCCC(C)CC(NN)c1cccc(Br)c1. The minimum atomic E-state index is 0.249. The van der Waals surface area contributed by atoms with Gasteiger partial charge in [-0.15, -0.1) is 0 Å². The number of nitrogens with two attached hydrogens (primary N) is 1. The topological polar surface area (TPSA) is 38.0 Å². The second-order valence-corrected chi connectivity index (χ2v) is 5.32. The van der Waals surface area contributed by atoms with E-state index in [0.717, 1.165) is 10.9 Å². The second-order valence-electron chi connectivity index (χ2n) is 4.40. The number of nitrogens with one attached hydrogen (secondary N) is 1. The van der Waals surface area contributed by atoms with Crippen molar-refractivity contribution in [1.29, 1.82) is 0 Å². The predicted octanol–water partition coefficient (Wildman–Crippen LogP) is 3.78. The van der Waals surface area contributed by atoms with Crippen molar-refractivity contribution in [3.05, 3.63) is 34.3 Å². The van der Waals surface area contributed by atoms with E-state index in [0.29, 0.717) is 5.92 Å². The van der Waals surface area contributed by atoms with Crippen LogP contribution in [0.1, 0.15) is 44.7 Å². The molecule has 0 aliphatic carbocycles. The molecule has 2 unspecified atom stereocenters. The minimum Gasteiger partial charge on any atom is -0.271 e. The first-order valence-electron chi connectivity index (χ1n) is 5.89. The molecule has 16 heavy (non-hydrogen) atoms. The molecule has 0 spiro atoms. The molecule has 3 heteroatoms. The van der Waals surface area contributed by atoms with Crippen molar-refractivity contribution >= 4 is 15.9 Å². The molecule has 0 aromatic heterocycles. The first-order chi connectivity index (χ1) is 7.67. The molecule has 0 heterocycles. The Morgan fingerprint density at radius 3 is 2.75 bits per heavy atom. The van der Waals surface area contributed by atoms with Gasteiger partial charge in [0.25, 0.3) is 0 Å². The molecule has 0 saturated heterocycles. The van der Waals surface area contributed by atoms with E-state index in [9.17, 15) is 0 Å². The van der Waals surface area contributed by atoms with Gasteiger partial charge in [-0.25, -0.2) is 0 Å². The molecule has 90 valence electrons. The number of hydrogen-bond acceptors (Lipinski definition) is 2. The van der Waals surface area contributed by atoms with Crippen LogP contribution in [0.5, 0.6) is 0 Å². The summed E-state index contributed by atoms with van der Waals surface area (Å²) in [4.78, 5) is 0. The molecule has 3 N–H and O–H groups in total. The van der Waals surface area contributed by atoms with Gasteiger partial charge in [0.15, 0.2) is 0 Å². The van der Waals surface area contributed by atoms with Crippen LogP contribution in [0, 0.1) is 5.92 Å². The third kappa shape index (κ3) is 4.24. The van der Waals surface area contributed by atoms with Gasteiger partial charge >= 0.3 is 0 Å². The van der Waals surface area contributed by atoms with Crippen molar-refractivity contribution in [3.63, 3.8) is 0 Å². The molecule has 1 aromatic rings. The van der Waals surface area contributed by atoms with E-state index in [1.54, 1.807) is 0 Å². The molecular weight excluding hydrogens is 264 g/mol. The minimum absolute atomic E-state index is 0.249. The quantitative estimate of drug-likeness (QED) is 0.616. The fraction of sp³-hybridized carbons (Fsp3) is 0.538. The monoisotopic (exact) mass is 284 g/mol. The summed E-state index contributed by atoms with van der Waals surface area (Å²) in [6.07, 6.45) is 3.57. The van der Waals surface area contributed by atoms with Gasteiger partial charge in [0.2, 0.25) is 0 Å². The van der Waals surface area contributed by atoms with Crippen LogP contribution in [0.15, 0.2) is 28.7 Å². The highest BCUT2D eigenvalue weighted by atomic mass is 79.9. The molecular formula is C13H21BrN2. The second kappa shape index (κ2) is 7.05. The molecule has 0 amide bonds. The molecule has 2 atom stereocenters. The van der Waals surface area contributed by atoms with E-state index in [1.165, 1.54) is 18.4 Å². The molecule has 1 rings (SSSR count). The summed E-state index contributed by atoms with van der Waals surface area (Å²) in [5.41, 5.74) is 4.16. The van der Waals surface area contributed by atoms with Gasteiger partial charge in [-0.1, -0.05) is 54.8 Å². The van der Waals surface area contributed by atoms with E-state index in [-0.39, 0.29) is 6.04 Å². The summed E-state index contributed by atoms with van der Waals surface area (Å²) >= 11 is 3.49. The van der Waals surface area contributed by atoms with Gasteiger partial charge in [-0.2, -0.15) is 0 Å². The van der Waals surface area contributed by atoms with Crippen molar-refractivity contribution in [2.24, 2.45) is 11.8 Å². The van der Waals surface area contributed by atoms with Gasteiger partial charge < -0.3 is 0 Å². The van der Waals surface area contributed by atoms with Crippen molar-refractivity contribution < 1.29 is 0 Å². The van der Waals surface area contributed by atoms with Gasteiger partial charge in [0, 0.05) is 10.5 Å². The maximum absolute atomic E-state index is 5.63. The van der Waals surface area contributed by atoms with Gasteiger partial charge in [0.05, 0.1) is 0 Å². The standard InChI is InChI=1S/C13H21BrN2/c1-3-5-10(2)8-13(16-15)11-6-4-7-12(14)9-11/h4,6-7,9-10,13,16H,3,5,8,15H2,1-2H3. The van der Waals surface area contributed by atoms with Crippen LogP contribution in [0.4, 0.5) is 0 Å². The largest absolute Gasteiger partial charge is 0.271 e. The maximum atomic E-state index is 5.63. The lowest BCUT2D eigenvalue weighted by molar-refractivity contribution is 0.394. The lowest BCUT2D eigenvalue weighted by Gasteiger charge is -2.20. The van der Waals surface area contributed by atoms with Gasteiger partial charge in [-0.05, 0) is 30.0 Å². The fourth-order valence-corrected chi connectivity index (χ4v) is 2.45. The number of benzene rings is 1. The Bertz CT molecular complexity index is 315. The Morgan fingerprint density at radius 1 is 1.44 bits per heavy atom. The summed E-state index contributed by atoms with van der Waals surface area (Å²) in [5.74, 6) is 6.33. The Labute approximate surface area is 107 Å². The van der Waals surface area contributed by atoms with E-state index < -0.39 is 0 Å². The Kier molecular flexibility index (Phi) is 6.03. The summed E-state index contributed by atoms with van der Waals surface area (Å²) in [5, 5.41) is 0. The maximum Gasteiger partial charge on any atom is 0.0462 e. The van der Waals surface area contributed by atoms with Crippen LogP contribution in [-0.2, 0) is 0 Å². The molecule has 0 aliphatic heterocycles. The average molecular weight is 285 g/mol. The summed E-state index contributed by atoms with van der Waals surface area (Å²) in [6, 6.07) is 8.58. The predicted molar refractivity (Wildman–Crippen MR) is 72.9 cm³/mol. The highest BCUT2D eigenvalue weighted by Gasteiger charge is 2.13. The number of rotatable bonds is 6. The molecule has 1 aromatic carbocycles. The van der Waals surface area contributed by atoms with Crippen LogP contribution < -0.4 is 11.3 Å². The zero-order chi connectivity index (χ0) is 12.0. The first-order valence-corrected chi connectivity index (χ1v) is 6.68. The van der Waals surface area contributed by atoms with Crippen LogP contribution in [-0.4, -0.2) is 0 Å². The van der Waals surface area contributed by atoms with E-state index in [4.69, 9.17) is 5.84 Å². The normalized spacial score (nSPS) is 14.8. The molecule has 2 nitrogen and oxygen atoms in total. The lowest BCUT2D eigenvalue weighted by Crippen LogP contribution is -2.29. The summed E-state index contributed by atoms with van der Waals surface area (Å²) < 4.78 is 1.10. The number of halogens is 1. The zero-order valence-electron chi connectivity index (χ0n) is 10.0. The van der Waals surface area contributed by atoms with E-state index >= 15 is 0 Å². The van der Waals surface area contributed by atoms with Crippen LogP contribution in [0.3, 0.4) is 0 Å². The van der Waals surface area contributed by atoms with Gasteiger partial charge in [-0.3, -0.25) is 11.3 Å².